The molecule has 0 spiro atoms. The minimum atomic E-state index is -0.120. The summed E-state index contributed by atoms with van der Waals surface area (Å²) in [5.74, 6) is 0.397. The lowest BCUT2D eigenvalue weighted by atomic mass is 10.1. The molecular formula is C18H28N4O3. The maximum absolute atomic E-state index is 12.6. The van der Waals surface area contributed by atoms with Gasteiger partial charge >= 0.3 is 0 Å². The van der Waals surface area contributed by atoms with Crippen molar-refractivity contribution in [3.05, 3.63) is 17.0 Å². The van der Waals surface area contributed by atoms with Crippen LogP contribution in [0.15, 0.2) is 4.52 Å². The van der Waals surface area contributed by atoms with E-state index in [1.807, 2.05) is 0 Å². The molecule has 2 amide bonds. The molecule has 0 bridgehead atoms. The number of carbonyl (C=O) groups excluding carboxylic acids is 2. The second-order valence-corrected chi connectivity index (χ2v) is 7.13. The van der Waals surface area contributed by atoms with Gasteiger partial charge in [-0.2, -0.15) is 0 Å². The monoisotopic (exact) mass is 348 g/mol. The molecule has 2 fully saturated rings. The fourth-order valence-electron chi connectivity index (χ4n) is 3.77. The van der Waals surface area contributed by atoms with E-state index in [2.05, 4.69) is 15.4 Å². The number of carbonyl (C=O) groups is 2. The lowest BCUT2D eigenvalue weighted by molar-refractivity contribution is -0.124. The van der Waals surface area contributed by atoms with Gasteiger partial charge < -0.3 is 19.6 Å². The number of amides is 2. The molecule has 0 aromatic carbocycles. The van der Waals surface area contributed by atoms with E-state index < -0.39 is 0 Å². The molecule has 0 aliphatic carbocycles. The smallest absolute Gasteiger partial charge is 0.259 e. The van der Waals surface area contributed by atoms with Gasteiger partial charge in [0.15, 0.2) is 0 Å². The summed E-state index contributed by atoms with van der Waals surface area (Å²) < 4.78 is 5.08. The van der Waals surface area contributed by atoms with Gasteiger partial charge in [-0.1, -0.05) is 11.6 Å². The topological polar surface area (TPSA) is 78.7 Å². The van der Waals surface area contributed by atoms with Crippen LogP contribution in [0.3, 0.4) is 0 Å². The average molecular weight is 348 g/mol. The van der Waals surface area contributed by atoms with Crippen LogP contribution < -0.4 is 5.32 Å². The Hall–Kier alpha value is -1.89. The number of hydrogen-bond acceptors (Lipinski definition) is 5. The van der Waals surface area contributed by atoms with Gasteiger partial charge in [-0.3, -0.25) is 9.59 Å². The van der Waals surface area contributed by atoms with Crippen molar-refractivity contribution in [3.8, 4) is 0 Å². The number of likely N-dealkylation sites (tertiary alicyclic amines) is 2. The quantitative estimate of drug-likeness (QED) is 0.869. The number of nitrogens with zero attached hydrogens (tertiary/aromatic N) is 3. The highest BCUT2D eigenvalue weighted by Gasteiger charge is 2.33. The minimum absolute atomic E-state index is 0.0612. The number of aryl methyl sites for hydroxylation is 2. The third-order valence-corrected chi connectivity index (χ3v) is 5.27. The van der Waals surface area contributed by atoms with Crippen molar-refractivity contribution < 1.29 is 14.1 Å². The molecule has 1 N–H and O–H groups in total. The number of aromatic nitrogens is 1. The van der Waals surface area contributed by atoms with Gasteiger partial charge in [0.2, 0.25) is 5.91 Å². The highest BCUT2D eigenvalue weighted by Crippen LogP contribution is 2.22. The predicted molar refractivity (Wildman–Crippen MR) is 93.3 cm³/mol. The first-order valence-electron chi connectivity index (χ1n) is 9.28. The molecule has 0 saturated carbocycles. The van der Waals surface area contributed by atoms with Gasteiger partial charge in [-0.25, -0.2) is 0 Å². The largest absolute Gasteiger partial charge is 0.361 e. The lowest BCUT2D eigenvalue weighted by Crippen LogP contribution is -2.40. The van der Waals surface area contributed by atoms with Crippen molar-refractivity contribution in [2.45, 2.75) is 39.5 Å². The number of piperidine rings is 1. The van der Waals surface area contributed by atoms with E-state index in [0.29, 0.717) is 43.1 Å². The number of hydrogen-bond donors (Lipinski definition) is 1. The molecule has 138 valence electrons. The first kappa shape index (κ1) is 17.9. The Morgan fingerprint density at radius 2 is 1.96 bits per heavy atom. The molecule has 2 saturated heterocycles. The summed E-state index contributed by atoms with van der Waals surface area (Å²) in [4.78, 5) is 29.1. The first-order valence-corrected chi connectivity index (χ1v) is 9.28. The van der Waals surface area contributed by atoms with E-state index in [1.54, 1.807) is 18.7 Å². The summed E-state index contributed by atoms with van der Waals surface area (Å²) in [6.45, 7) is 8.47. The van der Waals surface area contributed by atoms with Gasteiger partial charge in [-0.15, -0.1) is 0 Å². The normalized spacial score (nSPS) is 21.5. The molecule has 2 aliphatic heterocycles. The SMILES string of the molecule is Cc1noc(C)c1C(=O)N1CC[C@H](C(=O)NCCN2CCCCC2)C1. The first-order chi connectivity index (χ1) is 12.1. The van der Waals surface area contributed by atoms with Crippen LogP contribution in [0.5, 0.6) is 0 Å². The van der Waals surface area contributed by atoms with Crippen molar-refractivity contribution in [2.24, 2.45) is 5.92 Å². The molecule has 2 aliphatic rings. The Kier molecular flexibility index (Phi) is 5.73. The van der Waals surface area contributed by atoms with Crippen molar-refractivity contribution in [1.82, 2.24) is 20.3 Å². The van der Waals surface area contributed by atoms with E-state index in [-0.39, 0.29) is 17.7 Å². The predicted octanol–water partition coefficient (Wildman–Crippen LogP) is 1.36. The van der Waals surface area contributed by atoms with E-state index in [0.717, 1.165) is 19.6 Å². The van der Waals surface area contributed by atoms with Crippen molar-refractivity contribution in [1.29, 1.82) is 0 Å². The van der Waals surface area contributed by atoms with Crippen LogP contribution in [-0.4, -0.2) is 66.0 Å². The van der Waals surface area contributed by atoms with Crippen LogP contribution in [0.4, 0.5) is 0 Å². The molecule has 7 nitrogen and oxygen atoms in total. The van der Waals surface area contributed by atoms with E-state index in [1.165, 1.54) is 19.3 Å². The zero-order chi connectivity index (χ0) is 17.8. The fourth-order valence-corrected chi connectivity index (χ4v) is 3.77. The van der Waals surface area contributed by atoms with Gasteiger partial charge in [0.1, 0.15) is 11.3 Å². The standard InChI is InChI=1S/C18H28N4O3/c1-13-16(14(2)25-20-13)18(24)22-10-6-15(12-22)17(23)19-7-11-21-8-4-3-5-9-21/h15H,3-12H2,1-2H3,(H,19,23)/t15-/m0/s1. The fraction of sp³-hybridized carbons (Fsp3) is 0.722. The third kappa shape index (κ3) is 4.21. The summed E-state index contributed by atoms with van der Waals surface area (Å²) in [6, 6.07) is 0. The summed E-state index contributed by atoms with van der Waals surface area (Å²) in [5.41, 5.74) is 1.14. The summed E-state index contributed by atoms with van der Waals surface area (Å²) >= 11 is 0. The van der Waals surface area contributed by atoms with Crippen molar-refractivity contribution >= 4 is 11.8 Å². The molecule has 1 atom stereocenters. The lowest BCUT2D eigenvalue weighted by Gasteiger charge is -2.26. The van der Waals surface area contributed by atoms with Crippen LogP contribution in [-0.2, 0) is 4.79 Å². The third-order valence-electron chi connectivity index (χ3n) is 5.27. The molecule has 1 aromatic heterocycles. The van der Waals surface area contributed by atoms with Crippen LogP contribution in [0, 0.1) is 19.8 Å². The van der Waals surface area contributed by atoms with Crippen molar-refractivity contribution in [3.63, 3.8) is 0 Å². The Morgan fingerprint density at radius 3 is 2.64 bits per heavy atom. The maximum Gasteiger partial charge on any atom is 0.259 e. The Morgan fingerprint density at radius 1 is 1.20 bits per heavy atom. The zero-order valence-corrected chi connectivity index (χ0v) is 15.2. The molecule has 0 unspecified atom stereocenters. The summed E-state index contributed by atoms with van der Waals surface area (Å²) in [6.07, 6.45) is 4.55. The van der Waals surface area contributed by atoms with Crippen LogP contribution in [0.2, 0.25) is 0 Å². The van der Waals surface area contributed by atoms with Gasteiger partial charge in [0, 0.05) is 26.2 Å². The van der Waals surface area contributed by atoms with E-state index in [9.17, 15) is 9.59 Å². The van der Waals surface area contributed by atoms with Gasteiger partial charge in [0.25, 0.3) is 5.91 Å². The zero-order valence-electron chi connectivity index (χ0n) is 15.2. The molecule has 0 radical (unpaired) electrons. The number of nitrogens with one attached hydrogen (secondary N) is 1. The highest BCUT2D eigenvalue weighted by atomic mass is 16.5. The average Bonchev–Trinajstić information content (AvgIpc) is 3.23. The summed E-state index contributed by atoms with van der Waals surface area (Å²) in [5, 5.41) is 6.88. The van der Waals surface area contributed by atoms with E-state index in [4.69, 9.17) is 4.52 Å². The molecule has 1 aromatic rings. The Balaban J connectivity index is 1.45. The molecule has 25 heavy (non-hydrogen) atoms. The number of rotatable bonds is 5. The maximum atomic E-state index is 12.6. The Labute approximate surface area is 148 Å². The Bertz CT molecular complexity index is 602. The highest BCUT2D eigenvalue weighted by molar-refractivity contribution is 5.96. The van der Waals surface area contributed by atoms with Crippen LogP contribution in [0.1, 0.15) is 47.5 Å². The van der Waals surface area contributed by atoms with E-state index >= 15 is 0 Å². The molecular weight excluding hydrogens is 320 g/mol. The summed E-state index contributed by atoms with van der Waals surface area (Å²) in [7, 11) is 0. The molecule has 7 heteroatoms. The van der Waals surface area contributed by atoms with Crippen LogP contribution in [0.25, 0.3) is 0 Å². The van der Waals surface area contributed by atoms with Gasteiger partial charge in [0.05, 0.1) is 11.6 Å². The molecule has 3 rings (SSSR count). The molecule has 3 heterocycles. The second-order valence-electron chi connectivity index (χ2n) is 7.13. The second kappa shape index (κ2) is 7.99. The van der Waals surface area contributed by atoms with Gasteiger partial charge in [-0.05, 0) is 46.2 Å². The minimum Gasteiger partial charge on any atom is -0.361 e. The van der Waals surface area contributed by atoms with Crippen LogP contribution >= 0.6 is 0 Å². The van der Waals surface area contributed by atoms with Crippen molar-refractivity contribution in [2.75, 3.05) is 39.3 Å².